The van der Waals surface area contributed by atoms with Gasteiger partial charge in [-0.15, -0.1) is 0 Å². The first-order chi connectivity index (χ1) is 20.3. The maximum Gasteiger partial charge on any atom is 0.163 e. The fourth-order valence-corrected chi connectivity index (χ4v) is 12.6. The number of hydrogen-bond acceptors (Lipinski definition) is 6. The molecule has 1 spiro atoms. The van der Waals surface area contributed by atoms with Gasteiger partial charge in [-0.1, -0.05) is 20.4 Å². The highest BCUT2D eigenvalue weighted by molar-refractivity contribution is 6.05. The van der Waals surface area contributed by atoms with Gasteiger partial charge >= 0.3 is 0 Å². The molecule has 5 fully saturated rings. The molecule has 8 aliphatic rings. The van der Waals surface area contributed by atoms with Crippen molar-refractivity contribution in [2.24, 2.45) is 23.2 Å². The zero-order valence-electron chi connectivity index (χ0n) is 25.8. The quantitative estimate of drug-likeness (QED) is 0.307. The van der Waals surface area contributed by atoms with Crippen molar-refractivity contribution in [2.45, 2.75) is 132 Å². The van der Waals surface area contributed by atoms with E-state index in [2.05, 4.69) is 51.4 Å². The normalized spacial score (nSPS) is 52.6. The second kappa shape index (κ2) is 7.33. The summed E-state index contributed by atoms with van der Waals surface area (Å²) in [5, 5.41) is 25.7. The first kappa shape index (κ1) is 26.2. The summed E-state index contributed by atoms with van der Waals surface area (Å²) in [6.07, 6.45) is 2.33. The lowest BCUT2D eigenvalue weighted by molar-refractivity contribution is -0.275. The summed E-state index contributed by atoms with van der Waals surface area (Å²) in [4.78, 5) is 17.4. The van der Waals surface area contributed by atoms with Crippen LogP contribution in [0.1, 0.15) is 112 Å². The van der Waals surface area contributed by atoms with E-state index in [9.17, 15) is 15.0 Å². The fourth-order valence-electron chi connectivity index (χ4n) is 12.6. The number of epoxide rings is 1. The molecular formula is C36H43NO6. The van der Waals surface area contributed by atoms with Crippen molar-refractivity contribution in [3.8, 4) is 0 Å². The number of aliphatic hydroxyl groups excluding tert-OH is 1. The molecule has 3 N–H and O–H groups in total. The molecule has 43 heavy (non-hydrogen) atoms. The van der Waals surface area contributed by atoms with E-state index in [1.54, 1.807) is 0 Å². The van der Waals surface area contributed by atoms with Gasteiger partial charge in [0.05, 0.1) is 17.8 Å². The van der Waals surface area contributed by atoms with Crippen LogP contribution in [-0.4, -0.2) is 62.2 Å². The Morgan fingerprint density at radius 1 is 1.07 bits per heavy atom. The van der Waals surface area contributed by atoms with Crippen LogP contribution >= 0.6 is 0 Å². The summed E-state index contributed by atoms with van der Waals surface area (Å²) in [5.41, 5.74) is 2.95. The molecule has 5 aliphatic carbocycles. The highest BCUT2D eigenvalue weighted by Gasteiger charge is 2.86. The molecule has 228 valence electrons. The van der Waals surface area contributed by atoms with E-state index in [4.69, 9.17) is 14.2 Å². The topological polar surface area (TPSA) is 104 Å². The number of ketones is 1. The lowest BCUT2D eigenvalue weighted by atomic mass is 9.40. The smallest absolute Gasteiger partial charge is 0.163 e. The Labute approximate surface area is 252 Å². The number of hydrogen-bond donors (Lipinski definition) is 3. The van der Waals surface area contributed by atoms with Crippen molar-refractivity contribution in [1.82, 2.24) is 4.98 Å². The summed E-state index contributed by atoms with van der Waals surface area (Å²) in [5.74, 6) is 1.55. The average molecular weight is 586 g/mol. The number of ether oxygens (including phenoxy) is 3. The van der Waals surface area contributed by atoms with Gasteiger partial charge in [-0.2, -0.15) is 0 Å². The molecule has 10 rings (SSSR count). The number of rotatable bonds is 1. The van der Waals surface area contributed by atoms with Crippen LogP contribution in [-0.2, 0) is 19.6 Å². The number of aromatic nitrogens is 1. The number of benzene rings is 1. The molecule has 13 unspecified atom stereocenters. The van der Waals surface area contributed by atoms with Crippen LogP contribution < -0.4 is 0 Å². The third kappa shape index (κ3) is 2.50. The number of fused-ring (bicyclic) bond motifs is 5. The number of H-pyrrole nitrogens is 1. The summed E-state index contributed by atoms with van der Waals surface area (Å²) in [7, 11) is 0. The maximum atomic E-state index is 13.4. The number of nitrogens with one attached hydrogen (secondary N) is 1. The van der Waals surface area contributed by atoms with Crippen LogP contribution in [0.3, 0.4) is 0 Å². The van der Waals surface area contributed by atoms with Crippen molar-refractivity contribution in [1.29, 1.82) is 0 Å². The monoisotopic (exact) mass is 585 g/mol. The van der Waals surface area contributed by atoms with E-state index in [0.717, 1.165) is 42.3 Å². The van der Waals surface area contributed by atoms with Gasteiger partial charge in [0.2, 0.25) is 0 Å². The Kier molecular flexibility index (Phi) is 4.47. The predicted molar refractivity (Wildman–Crippen MR) is 159 cm³/mol. The second-order valence-electron chi connectivity index (χ2n) is 16.6. The molecule has 13 atom stereocenters. The number of carbonyl (C=O) groups is 1. The van der Waals surface area contributed by atoms with Gasteiger partial charge in [-0.05, 0) is 93.9 Å². The molecule has 0 amide bonds. The van der Waals surface area contributed by atoms with Gasteiger partial charge in [-0.3, -0.25) is 4.79 Å². The van der Waals surface area contributed by atoms with Gasteiger partial charge < -0.3 is 29.4 Å². The number of aromatic amines is 1. The molecule has 2 saturated heterocycles. The molecular weight excluding hydrogens is 542 g/mol. The van der Waals surface area contributed by atoms with E-state index in [-0.39, 0.29) is 29.5 Å². The van der Waals surface area contributed by atoms with Gasteiger partial charge in [0, 0.05) is 50.9 Å². The average Bonchev–Trinajstić information content (AvgIpc) is 3.52. The first-order valence-electron chi connectivity index (χ1n) is 16.6. The standard InChI is InChI=1S/C36H43NO6/c1-15(2)28-27(39)31-36(43-31)22(41-28)10-11-33(5)34(6)18(9-12-35(33,36)40)29-26-25-20(37-30(26)34)8-7-17-21(38)14-16-13-19(23(16)24(17)25)32(3,4)42-29/h7-8,16,18-19,22-23,27-29,31,37,39-40H,1,9-14H2,2-6H3. The van der Waals surface area contributed by atoms with Crippen LogP contribution in [0.25, 0.3) is 10.9 Å². The number of carbonyl (C=O) groups excluding carboxylic acids is 1. The summed E-state index contributed by atoms with van der Waals surface area (Å²) in [6, 6.07) is 4.17. The lowest BCUT2D eigenvalue weighted by Crippen LogP contribution is -2.76. The van der Waals surface area contributed by atoms with Crippen LogP contribution in [0, 0.1) is 23.2 Å². The van der Waals surface area contributed by atoms with Crippen molar-refractivity contribution < 1.29 is 29.2 Å². The van der Waals surface area contributed by atoms with Crippen molar-refractivity contribution >= 4 is 16.7 Å². The van der Waals surface area contributed by atoms with Crippen molar-refractivity contribution in [3.05, 3.63) is 46.7 Å². The predicted octanol–water partition coefficient (Wildman–Crippen LogP) is 5.38. The molecule has 7 nitrogen and oxygen atoms in total. The molecule has 1 aromatic heterocycles. The molecule has 1 aromatic carbocycles. The minimum atomic E-state index is -1.20. The van der Waals surface area contributed by atoms with Gasteiger partial charge in [0.25, 0.3) is 0 Å². The minimum Gasteiger partial charge on any atom is -0.387 e. The summed E-state index contributed by atoms with van der Waals surface area (Å²) < 4.78 is 20.4. The lowest BCUT2D eigenvalue weighted by Gasteiger charge is -2.66. The highest BCUT2D eigenvalue weighted by Crippen LogP contribution is 2.77. The number of Topliss-reactive ketones (excluding diaryl/α,β-unsaturated/α-hetero) is 1. The minimum absolute atomic E-state index is 0.124. The van der Waals surface area contributed by atoms with Gasteiger partial charge in [0.15, 0.2) is 11.4 Å². The van der Waals surface area contributed by atoms with Crippen molar-refractivity contribution in [3.63, 3.8) is 0 Å². The Morgan fingerprint density at radius 2 is 1.86 bits per heavy atom. The van der Waals surface area contributed by atoms with Crippen LogP contribution in [0.5, 0.6) is 0 Å². The highest BCUT2D eigenvalue weighted by atomic mass is 16.7. The van der Waals surface area contributed by atoms with E-state index in [1.165, 1.54) is 22.2 Å². The largest absolute Gasteiger partial charge is 0.387 e. The molecule has 3 aliphatic heterocycles. The summed E-state index contributed by atoms with van der Waals surface area (Å²) in [6.45, 7) is 15.1. The van der Waals surface area contributed by atoms with Gasteiger partial charge in [-0.25, -0.2) is 0 Å². The molecule has 7 heteroatoms. The van der Waals surface area contributed by atoms with E-state index in [1.807, 2.05) is 6.92 Å². The van der Waals surface area contributed by atoms with E-state index >= 15 is 0 Å². The summed E-state index contributed by atoms with van der Waals surface area (Å²) >= 11 is 0. The van der Waals surface area contributed by atoms with Crippen LogP contribution in [0.2, 0.25) is 0 Å². The molecule has 0 bridgehead atoms. The molecule has 2 aromatic rings. The Hall–Kier alpha value is -2.03. The molecule has 4 heterocycles. The third-order valence-electron chi connectivity index (χ3n) is 14.9. The molecule has 3 saturated carbocycles. The van der Waals surface area contributed by atoms with Gasteiger partial charge in [0.1, 0.15) is 23.9 Å². The Morgan fingerprint density at radius 3 is 2.63 bits per heavy atom. The van der Waals surface area contributed by atoms with E-state index in [0.29, 0.717) is 30.6 Å². The zero-order valence-corrected chi connectivity index (χ0v) is 25.8. The van der Waals surface area contributed by atoms with Crippen LogP contribution in [0.4, 0.5) is 0 Å². The zero-order chi connectivity index (χ0) is 29.8. The first-order valence-corrected chi connectivity index (χ1v) is 16.6. The second-order valence-corrected chi connectivity index (χ2v) is 16.6. The van der Waals surface area contributed by atoms with Crippen molar-refractivity contribution in [2.75, 3.05) is 0 Å². The van der Waals surface area contributed by atoms with E-state index < -0.39 is 40.3 Å². The Bertz CT molecular complexity index is 1690. The third-order valence-corrected chi connectivity index (χ3v) is 14.9. The number of aliphatic hydroxyl groups is 2. The maximum absolute atomic E-state index is 13.4. The van der Waals surface area contributed by atoms with Crippen LogP contribution in [0.15, 0.2) is 24.3 Å². The molecule has 0 radical (unpaired) electrons. The SMILES string of the molecule is C=C(C)C1OC2CCC3(C)C4(C)c5[nH]c6ccc7c8c6c5C(OC(C)(C)C5CC(CC7=O)C85)C4CCC3(O)C23OC3C1O. The Balaban J connectivity index is 1.19. The fraction of sp³-hybridized carbons (Fsp3) is 0.694.